The van der Waals surface area contributed by atoms with E-state index in [1.54, 1.807) is 17.3 Å². The van der Waals surface area contributed by atoms with Crippen LogP contribution in [0.4, 0.5) is 24.7 Å². The predicted molar refractivity (Wildman–Crippen MR) is 144 cm³/mol. The number of carbonyl (C=O) groups is 1. The number of aliphatic hydroxyl groups excluding tert-OH is 1. The normalized spacial score (nSPS) is 15.5. The van der Waals surface area contributed by atoms with E-state index in [9.17, 15) is 28.2 Å². The number of halogens is 3. The number of nitrogens with two attached hydrogens (primary N) is 1. The molecule has 204 valence electrons. The third-order valence-corrected chi connectivity index (χ3v) is 8.00. The lowest BCUT2D eigenvalue weighted by Crippen LogP contribution is -2.44. The number of anilines is 2. The summed E-state index contributed by atoms with van der Waals surface area (Å²) in [7, 11) is 0. The Morgan fingerprint density at radius 2 is 1.77 bits per heavy atom. The largest absolute Gasteiger partial charge is 0.477 e. The summed E-state index contributed by atoms with van der Waals surface area (Å²) < 4.78 is 41.6. The summed E-state index contributed by atoms with van der Waals surface area (Å²) in [6.45, 7) is 1.25. The van der Waals surface area contributed by atoms with Gasteiger partial charge in [0.15, 0.2) is 0 Å². The number of fused-ring (bicyclic) bond motifs is 1. The number of aromatic carboxylic acids is 1. The number of pyridine rings is 2. The van der Waals surface area contributed by atoms with Crippen LogP contribution in [-0.2, 0) is 6.18 Å². The SMILES string of the molecule is Nc1c(C(=O)O)sc2nc(N3CCC(NCC(O)c4ccc(-c5ccncc5)cc4)CC3)cc(C(F)(F)F)c12. The maximum atomic E-state index is 13.9. The van der Waals surface area contributed by atoms with Gasteiger partial charge in [0.1, 0.15) is 15.5 Å². The summed E-state index contributed by atoms with van der Waals surface area (Å²) in [6, 6.07) is 12.5. The molecule has 1 aliphatic rings. The van der Waals surface area contributed by atoms with Crippen molar-refractivity contribution in [2.75, 3.05) is 30.3 Å². The average Bonchev–Trinajstić information content (AvgIpc) is 3.28. The highest BCUT2D eigenvalue weighted by atomic mass is 32.1. The second kappa shape index (κ2) is 10.8. The van der Waals surface area contributed by atoms with Crippen molar-refractivity contribution in [1.29, 1.82) is 0 Å². The Hall–Kier alpha value is -3.74. The van der Waals surface area contributed by atoms with Crippen molar-refractivity contribution in [3.63, 3.8) is 0 Å². The van der Waals surface area contributed by atoms with Crippen LogP contribution >= 0.6 is 11.3 Å². The number of nitrogens with zero attached hydrogens (tertiary/aromatic N) is 3. The molecule has 1 unspecified atom stereocenters. The lowest BCUT2D eigenvalue weighted by molar-refractivity contribution is -0.136. The van der Waals surface area contributed by atoms with Gasteiger partial charge in [-0.2, -0.15) is 13.2 Å². The van der Waals surface area contributed by atoms with Crippen molar-refractivity contribution >= 4 is 39.0 Å². The molecule has 0 bridgehead atoms. The number of thiophene rings is 1. The van der Waals surface area contributed by atoms with Crippen LogP contribution in [-0.4, -0.2) is 51.8 Å². The van der Waals surface area contributed by atoms with Crippen molar-refractivity contribution in [1.82, 2.24) is 15.3 Å². The van der Waals surface area contributed by atoms with E-state index < -0.39 is 29.5 Å². The topological polar surface area (TPSA) is 125 Å². The zero-order chi connectivity index (χ0) is 27.7. The average molecular weight is 558 g/mol. The highest BCUT2D eigenvalue weighted by molar-refractivity contribution is 7.21. The minimum Gasteiger partial charge on any atom is -0.477 e. The Labute approximate surface area is 225 Å². The first kappa shape index (κ1) is 26.9. The number of rotatable bonds is 7. The number of piperidine rings is 1. The molecule has 0 amide bonds. The van der Waals surface area contributed by atoms with E-state index in [1.807, 2.05) is 36.4 Å². The van der Waals surface area contributed by atoms with Crippen LogP contribution in [0.3, 0.4) is 0 Å². The number of hydrogen-bond donors (Lipinski definition) is 4. The molecular formula is C27H26F3N5O3S. The molecule has 8 nitrogen and oxygen atoms in total. The smallest absolute Gasteiger partial charge is 0.417 e. The molecule has 1 aliphatic heterocycles. The van der Waals surface area contributed by atoms with Crippen LogP contribution in [0.2, 0.25) is 0 Å². The molecule has 5 N–H and O–H groups in total. The van der Waals surface area contributed by atoms with Gasteiger partial charge in [0.2, 0.25) is 0 Å². The lowest BCUT2D eigenvalue weighted by Gasteiger charge is -2.34. The molecule has 0 spiro atoms. The van der Waals surface area contributed by atoms with Crippen LogP contribution in [0, 0.1) is 0 Å². The Morgan fingerprint density at radius 3 is 2.38 bits per heavy atom. The third kappa shape index (κ3) is 5.68. The van der Waals surface area contributed by atoms with Gasteiger partial charge in [-0.15, -0.1) is 11.3 Å². The lowest BCUT2D eigenvalue weighted by atomic mass is 10.0. The van der Waals surface area contributed by atoms with E-state index in [-0.39, 0.29) is 27.0 Å². The molecule has 4 heterocycles. The van der Waals surface area contributed by atoms with Crippen molar-refractivity contribution in [3.8, 4) is 11.1 Å². The van der Waals surface area contributed by atoms with E-state index in [0.29, 0.717) is 43.8 Å². The summed E-state index contributed by atoms with van der Waals surface area (Å²) in [4.78, 5) is 21.2. The minimum absolute atomic E-state index is 0.0481. The molecule has 0 aliphatic carbocycles. The van der Waals surface area contributed by atoms with Crippen LogP contribution < -0.4 is 16.0 Å². The van der Waals surface area contributed by atoms with Crippen LogP contribution in [0.15, 0.2) is 54.9 Å². The van der Waals surface area contributed by atoms with E-state index >= 15 is 0 Å². The molecular weight excluding hydrogens is 531 g/mol. The fourth-order valence-electron chi connectivity index (χ4n) is 4.80. The highest BCUT2D eigenvalue weighted by Crippen LogP contribution is 2.43. The van der Waals surface area contributed by atoms with Crippen molar-refractivity contribution in [3.05, 3.63) is 70.9 Å². The number of carboxylic acid groups (broad SMARTS) is 1. The summed E-state index contributed by atoms with van der Waals surface area (Å²) in [6.07, 6.45) is -0.689. The van der Waals surface area contributed by atoms with Gasteiger partial charge in [0.05, 0.1) is 17.4 Å². The monoisotopic (exact) mass is 557 g/mol. The minimum atomic E-state index is -4.71. The first-order chi connectivity index (χ1) is 18.6. The Bertz CT molecular complexity index is 1470. The first-order valence-corrected chi connectivity index (χ1v) is 13.1. The predicted octanol–water partition coefficient (Wildman–Crippen LogP) is 4.95. The van der Waals surface area contributed by atoms with Gasteiger partial charge >= 0.3 is 12.1 Å². The number of aromatic nitrogens is 2. The molecule has 0 saturated carbocycles. The maximum Gasteiger partial charge on any atom is 0.417 e. The van der Waals surface area contributed by atoms with Gasteiger partial charge in [-0.3, -0.25) is 4.98 Å². The summed E-state index contributed by atoms with van der Waals surface area (Å²) >= 11 is 0.644. The maximum absolute atomic E-state index is 13.9. The van der Waals surface area contributed by atoms with Gasteiger partial charge in [-0.25, -0.2) is 9.78 Å². The first-order valence-electron chi connectivity index (χ1n) is 12.3. The van der Waals surface area contributed by atoms with E-state index in [2.05, 4.69) is 15.3 Å². The molecule has 1 fully saturated rings. The molecule has 1 aromatic carbocycles. The zero-order valence-electron chi connectivity index (χ0n) is 20.7. The Kier molecular flexibility index (Phi) is 7.43. The van der Waals surface area contributed by atoms with Crippen molar-refractivity contribution < 1.29 is 28.2 Å². The number of nitrogen functional groups attached to an aromatic ring is 1. The molecule has 12 heteroatoms. The van der Waals surface area contributed by atoms with Crippen LogP contribution in [0.5, 0.6) is 0 Å². The number of nitrogens with one attached hydrogen (secondary N) is 1. The van der Waals surface area contributed by atoms with E-state index in [1.165, 1.54) is 0 Å². The number of carboxylic acids is 1. The van der Waals surface area contributed by atoms with E-state index in [0.717, 1.165) is 22.8 Å². The number of alkyl halides is 3. The quantitative estimate of drug-likeness (QED) is 0.252. The molecule has 1 saturated heterocycles. The fraction of sp³-hybridized carbons (Fsp3) is 0.296. The van der Waals surface area contributed by atoms with E-state index in [4.69, 9.17) is 5.73 Å². The molecule has 1 atom stereocenters. The summed E-state index contributed by atoms with van der Waals surface area (Å²) in [5.74, 6) is -1.25. The fourth-order valence-corrected chi connectivity index (χ4v) is 5.76. The van der Waals surface area contributed by atoms with Gasteiger partial charge < -0.3 is 26.2 Å². The molecule has 4 aromatic rings. The Morgan fingerprint density at radius 1 is 1.13 bits per heavy atom. The zero-order valence-corrected chi connectivity index (χ0v) is 21.5. The molecule has 5 rings (SSSR count). The number of hydrogen-bond acceptors (Lipinski definition) is 8. The number of benzene rings is 1. The van der Waals surface area contributed by atoms with Crippen LogP contribution in [0.1, 0.15) is 39.7 Å². The van der Waals surface area contributed by atoms with Gasteiger partial charge in [-0.1, -0.05) is 24.3 Å². The van der Waals surface area contributed by atoms with Crippen LogP contribution in [0.25, 0.3) is 21.3 Å². The van der Waals surface area contributed by atoms with Gasteiger partial charge in [0, 0.05) is 43.5 Å². The third-order valence-electron chi connectivity index (χ3n) is 6.91. The van der Waals surface area contributed by atoms with Gasteiger partial charge in [0.25, 0.3) is 0 Å². The highest BCUT2D eigenvalue weighted by Gasteiger charge is 2.37. The molecule has 39 heavy (non-hydrogen) atoms. The molecule has 3 aromatic heterocycles. The van der Waals surface area contributed by atoms with Crippen molar-refractivity contribution in [2.45, 2.75) is 31.2 Å². The Balaban J connectivity index is 1.22. The summed E-state index contributed by atoms with van der Waals surface area (Å²) in [5, 5.41) is 23.0. The van der Waals surface area contributed by atoms with Gasteiger partial charge in [-0.05, 0) is 47.7 Å². The second-order valence-electron chi connectivity index (χ2n) is 9.40. The van der Waals surface area contributed by atoms with Crippen molar-refractivity contribution in [2.24, 2.45) is 0 Å². The standard InChI is InChI=1S/C27H26F3N5O3S/c28-27(29,30)19-13-21(34-25-22(19)23(31)24(39-25)26(37)38)35-11-7-18(8-12-35)33-14-20(36)17-3-1-15(2-4-17)16-5-9-32-10-6-16/h1-6,9-10,13,18,20,33,36H,7-8,11-12,14,31H2,(H,37,38). The summed E-state index contributed by atoms with van der Waals surface area (Å²) in [5.41, 5.74) is 7.21. The number of aliphatic hydroxyl groups is 1. The second-order valence-corrected chi connectivity index (χ2v) is 10.4. The molecule has 0 radical (unpaired) electrons.